The molecule has 20 heavy (non-hydrogen) atoms. The third kappa shape index (κ3) is 4.70. The van der Waals surface area contributed by atoms with Gasteiger partial charge in [0, 0.05) is 32.0 Å². The highest BCUT2D eigenvalue weighted by Crippen LogP contribution is 2.05. The zero-order valence-electron chi connectivity index (χ0n) is 11.0. The first-order valence-corrected chi connectivity index (χ1v) is 6.38. The van der Waals surface area contributed by atoms with Crippen molar-refractivity contribution in [3.63, 3.8) is 0 Å². The Kier molecular flexibility index (Phi) is 5.08. The Labute approximate surface area is 117 Å². The van der Waals surface area contributed by atoms with Gasteiger partial charge in [0.15, 0.2) is 0 Å². The second-order valence-corrected chi connectivity index (χ2v) is 4.43. The first kappa shape index (κ1) is 14.0. The molecule has 0 aliphatic heterocycles. The molecule has 1 heterocycles. The summed E-state index contributed by atoms with van der Waals surface area (Å²) in [7, 11) is 0. The lowest BCUT2D eigenvalue weighted by Crippen LogP contribution is -2.19. The van der Waals surface area contributed by atoms with Crippen LogP contribution in [0, 0.1) is 0 Å². The fraction of sp³-hybridized carbons (Fsp3) is 0.200. The summed E-state index contributed by atoms with van der Waals surface area (Å²) >= 11 is 0. The molecule has 0 aliphatic carbocycles. The Morgan fingerprint density at radius 1 is 0.900 bits per heavy atom. The van der Waals surface area contributed by atoms with Crippen molar-refractivity contribution in [3.05, 3.63) is 65.5 Å². The number of hydrogen-bond acceptors (Lipinski definition) is 3. The smallest absolute Gasteiger partial charge is 0.404 e. The SMILES string of the molecule is O=C(O)NCc1ccc(CNCc2ccncc2)cc1. The van der Waals surface area contributed by atoms with Crippen LogP contribution in [0.2, 0.25) is 0 Å². The molecule has 0 saturated heterocycles. The second-order valence-electron chi connectivity index (χ2n) is 4.43. The van der Waals surface area contributed by atoms with Crippen LogP contribution in [0.25, 0.3) is 0 Å². The number of carbonyl (C=O) groups is 1. The van der Waals surface area contributed by atoms with Gasteiger partial charge in [-0.15, -0.1) is 0 Å². The summed E-state index contributed by atoms with van der Waals surface area (Å²) in [6, 6.07) is 11.8. The molecule has 104 valence electrons. The molecular formula is C15H17N3O2. The van der Waals surface area contributed by atoms with Crippen LogP contribution in [0.5, 0.6) is 0 Å². The molecule has 0 saturated carbocycles. The zero-order valence-corrected chi connectivity index (χ0v) is 11.0. The van der Waals surface area contributed by atoms with E-state index in [0.717, 1.165) is 24.2 Å². The lowest BCUT2D eigenvalue weighted by atomic mass is 10.1. The maximum absolute atomic E-state index is 10.4. The molecule has 0 aliphatic rings. The van der Waals surface area contributed by atoms with Crippen molar-refractivity contribution < 1.29 is 9.90 Å². The molecule has 0 fully saturated rings. The molecule has 1 aromatic carbocycles. The number of carboxylic acid groups (broad SMARTS) is 1. The maximum atomic E-state index is 10.4. The minimum Gasteiger partial charge on any atom is -0.465 e. The monoisotopic (exact) mass is 271 g/mol. The van der Waals surface area contributed by atoms with Crippen LogP contribution >= 0.6 is 0 Å². The van der Waals surface area contributed by atoms with E-state index in [9.17, 15) is 4.79 Å². The lowest BCUT2D eigenvalue weighted by Gasteiger charge is -2.06. The number of amides is 1. The largest absolute Gasteiger partial charge is 0.465 e. The predicted molar refractivity (Wildman–Crippen MR) is 76.1 cm³/mol. The van der Waals surface area contributed by atoms with E-state index in [2.05, 4.69) is 15.6 Å². The van der Waals surface area contributed by atoms with E-state index in [1.165, 1.54) is 5.56 Å². The number of hydrogen-bond donors (Lipinski definition) is 3. The molecule has 0 radical (unpaired) electrons. The highest BCUT2D eigenvalue weighted by molar-refractivity contribution is 5.64. The summed E-state index contributed by atoms with van der Waals surface area (Å²) in [5.41, 5.74) is 3.31. The summed E-state index contributed by atoms with van der Waals surface area (Å²) in [6.45, 7) is 1.90. The molecule has 5 nitrogen and oxygen atoms in total. The van der Waals surface area contributed by atoms with Gasteiger partial charge in [-0.25, -0.2) is 4.79 Å². The van der Waals surface area contributed by atoms with Crippen LogP contribution in [0.3, 0.4) is 0 Å². The number of benzene rings is 1. The van der Waals surface area contributed by atoms with Gasteiger partial charge in [0.05, 0.1) is 0 Å². The highest BCUT2D eigenvalue weighted by atomic mass is 16.4. The molecule has 1 aromatic heterocycles. The molecule has 3 N–H and O–H groups in total. The van der Waals surface area contributed by atoms with Gasteiger partial charge < -0.3 is 15.7 Å². The van der Waals surface area contributed by atoms with Crippen LogP contribution < -0.4 is 10.6 Å². The summed E-state index contributed by atoms with van der Waals surface area (Å²) in [4.78, 5) is 14.4. The van der Waals surface area contributed by atoms with Crippen molar-refractivity contribution >= 4 is 6.09 Å². The van der Waals surface area contributed by atoms with Gasteiger partial charge in [-0.3, -0.25) is 4.98 Å². The van der Waals surface area contributed by atoms with Crippen molar-refractivity contribution in [2.24, 2.45) is 0 Å². The lowest BCUT2D eigenvalue weighted by molar-refractivity contribution is 0.194. The molecule has 1 amide bonds. The standard InChI is InChI=1S/C15H17N3O2/c19-15(20)18-11-13-3-1-12(2-4-13)9-17-10-14-5-7-16-8-6-14/h1-8,17-18H,9-11H2,(H,19,20). The number of nitrogens with one attached hydrogen (secondary N) is 2. The number of rotatable bonds is 6. The first-order chi connectivity index (χ1) is 9.74. The third-order valence-corrected chi connectivity index (χ3v) is 2.87. The van der Waals surface area contributed by atoms with Crippen molar-refractivity contribution in [1.82, 2.24) is 15.6 Å². The second kappa shape index (κ2) is 7.25. The summed E-state index contributed by atoms with van der Waals surface area (Å²) in [5.74, 6) is 0. The van der Waals surface area contributed by atoms with Crippen LogP contribution in [0.15, 0.2) is 48.8 Å². The van der Waals surface area contributed by atoms with E-state index in [1.54, 1.807) is 12.4 Å². The van der Waals surface area contributed by atoms with E-state index in [1.807, 2.05) is 36.4 Å². The van der Waals surface area contributed by atoms with E-state index < -0.39 is 6.09 Å². The number of aromatic nitrogens is 1. The van der Waals surface area contributed by atoms with Gasteiger partial charge in [-0.2, -0.15) is 0 Å². The van der Waals surface area contributed by atoms with Crippen molar-refractivity contribution in [2.75, 3.05) is 0 Å². The summed E-state index contributed by atoms with van der Waals surface area (Å²) < 4.78 is 0. The Bertz CT molecular complexity index is 541. The van der Waals surface area contributed by atoms with Gasteiger partial charge in [-0.05, 0) is 28.8 Å². The Morgan fingerprint density at radius 3 is 1.95 bits per heavy atom. The van der Waals surface area contributed by atoms with Gasteiger partial charge in [0.25, 0.3) is 0 Å². The van der Waals surface area contributed by atoms with Crippen molar-refractivity contribution in [2.45, 2.75) is 19.6 Å². The third-order valence-electron chi connectivity index (χ3n) is 2.87. The van der Waals surface area contributed by atoms with E-state index >= 15 is 0 Å². The molecule has 2 rings (SSSR count). The quantitative estimate of drug-likeness (QED) is 0.752. The van der Waals surface area contributed by atoms with Crippen LogP contribution in [0.1, 0.15) is 16.7 Å². The van der Waals surface area contributed by atoms with Crippen LogP contribution in [0.4, 0.5) is 4.79 Å². The molecule has 5 heteroatoms. The van der Waals surface area contributed by atoms with E-state index in [-0.39, 0.29) is 0 Å². The fourth-order valence-electron chi connectivity index (χ4n) is 1.80. The van der Waals surface area contributed by atoms with Gasteiger partial charge in [-0.1, -0.05) is 24.3 Å². The minimum absolute atomic E-state index is 0.333. The van der Waals surface area contributed by atoms with E-state index in [4.69, 9.17) is 5.11 Å². The predicted octanol–water partition coefficient (Wildman–Crippen LogP) is 2.14. The highest BCUT2D eigenvalue weighted by Gasteiger charge is 1.98. The molecule has 0 atom stereocenters. The summed E-state index contributed by atoms with van der Waals surface area (Å²) in [5, 5.41) is 14.2. The average Bonchev–Trinajstić information content (AvgIpc) is 2.47. The van der Waals surface area contributed by atoms with Gasteiger partial charge >= 0.3 is 6.09 Å². The Morgan fingerprint density at radius 2 is 1.40 bits per heavy atom. The molecule has 0 bridgehead atoms. The zero-order chi connectivity index (χ0) is 14.2. The Hall–Kier alpha value is -2.40. The van der Waals surface area contributed by atoms with Crippen molar-refractivity contribution in [1.29, 1.82) is 0 Å². The van der Waals surface area contributed by atoms with Gasteiger partial charge in [0.2, 0.25) is 0 Å². The maximum Gasteiger partial charge on any atom is 0.404 e. The topological polar surface area (TPSA) is 74.2 Å². The summed E-state index contributed by atoms with van der Waals surface area (Å²) in [6.07, 6.45) is 2.55. The molecule has 2 aromatic rings. The first-order valence-electron chi connectivity index (χ1n) is 6.38. The van der Waals surface area contributed by atoms with E-state index in [0.29, 0.717) is 6.54 Å². The minimum atomic E-state index is -1.01. The van der Waals surface area contributed by atoms with Gasteiger partial charge in [0.1, 0.15) is 0 Å². The fourth-order valence-corrected chi connectivity index (χ4v) is 1.80. The molecule has 0 spiro atoms. The Balaban J connectivity index is 1.77. The molecule has 0 unspecified atom stereocenters. The number of pyridine rings is 1. The van der Waals surface area contributed by atoms with Crippen molar-refractivity contribution in [3.8, 4) is 0 Å². The normalized spacial score (nSPS) is 10.2. The average molecular weight is 271 g/mol. The molecular weight excluding hydrogens is 254 g/mol. The van der Waals surface area contributed by atoms with Crippen LogP contribution in [-0.4, -0.2) is 16.2 Å². The number of nitrogens with zero attached hydrogens (tertiary/aromatic N) is 1. The van der Waals surface area contributed by atoms with Crippen LogP contribution in [-0.2, 0) is 19.6 Å².